The van der Waals surface area contributed by atoms with Crippen molar-refractivity contribution < 1.29 is 19.4 Å². The van der Waals surface area contributed by atoms with E-state index in [0.717, 1.165) is 11.8 Å². The van der Waals surface area contributed by atoms with E-state index < -0.39 is 11.2 Å². The second-order valence-electron chi connectivity index (χ2n) is 3.82. The van der Waals surface area contributed by atoms with Crippen molar-refractivity contribution in [3.63, 3.8) is 0 Å². The Morgan fingerprint density at radius 1 is 1.37 bits per heavy atom. The van der Waals surface area contributed by atoms with Crippen LogP contribution in [0.15, 0.2) is 24.3 Å². The lowest BCUT2D eigenvalue weighted by Crippen LogP contribution is -2.20. The van der Waals surface area contributed by atoms with E-state index in [0.29, 0.717) is 17.9 Å². The molecule has 0 radical (unpaired) electrons. The number of carbonyl (C=O) groups is 2. The molecule has 6 heteroatoms. The number of amides is 1. The van der Waals surface area contributed by atoms with Gasteiger partial charge in [0.2, 0.25) is 5.91 Å². The van der Waals surface area contributed by atoms with Crippen molar-refractivity contribution >= 4 is 29.3 Å². The zero-order valence-electron chi connectivity index (χ0n) is 10.9. The number of methoxy groups -OCH3 is 1. The summed E-state index contributed by atoms with van der Waals surface area (Å²) in [7, 11) is 1.57. The minimum atomic E-state index is -0.884. The number of nitrogens with one attached hydrogen (secondary N) is 1. The highest BCUT2D eigenvalue weighted by atomic mass is 32.2. The first-order chi connectivity index (χ1) is 9.06. The van der Waals surface area contributed by atoms with Crippen LogP contribution in [0, 0.1) is 0 Å². The summed E-state index contributed by atoms with van der Waals surface area (Å²) >= 11 is 1.13. The number of carboxylic acid groups (broad SMARTS) is 1. The molecule has 0 saturated carbocycles. The molecule has 0 bridgehead atoms. The Morgan fingerprint density at radius 2 is 2.00 bits per heavy atom. The molecule has 5 nitrogen and oxygen atoms in total. The maximum Gasteiger partial charge on any atom is 0.316 e. The SMILES string of the molecule is CCC(SCC(=O)Nc1ccc(OC)cc1)C(=O)O. The molecule has 0 spiro atoms. The standard InChI is InChI=1S/C13H17NO4S/c1-3-11(13(16)17)19-8-12(15)14-9-4-6-10(18-2)7-5-9/h4-7,11H,3,8H2,1-2H3,(H,14,15)(H,16,17). The summed E-state index contributed by atoms with van der Waals surface area (Å²) in [6.07, 6.45) is 0.496. The van der Waals surface area contributed by atoms with Gasteiger partial charge in [0.15, 0.2) is 0 Å². The van der Waals surface area contributed by atoms with E-state index in [1.165, 1.54) is 0 Å². The van der Waals surface area contributed by atoms with Crippen LogP contribution in [0.3, 0.4) is 0 Å². The Hall–Kier alpha value is -1.69. The van der Waals surface area contributed by atoms with Crippen molar-refractivity contribution in [2.45, 2.75) is 18.6 Å². The van der Waals surface area contributed by atoms with Gasteiger partial charge in [-0.25, -0.2) is 0 Å². The summed E-state index contributed by atoms with van der Waals surface area (Å²) in [4.78, 5) is 22.5. The first kappa shape index (κ1) is 15.4. The molecule has 1 unspecified atom stereocenters. The van der Waals surface area contributed by atoms with Crippen molar-refractivity contribution in [1.82, 2.24) is 0 Å². The van der Waals surface area contributed by atoms with E-state index in [2.05, 4.69) is 5.32 Å². The summed E-state index contributed by atoms with van der Waals surface area (Å²) in [5.41, 5.74) is 0.662. The number of hydrogen-bond donors (Lipinski definition) is 2. The molecule has 1 atom stereocenters. The van der Waals surface area contributed by atoms with Crippen LogP contribution >= 0.6 is 11.8 Å². The van der Waals surface area contributed by atoms with E-state index in [1.807, 2.05) is 0 Å². The lowest BCUT2D eigenvalue weighted by Gasteiger charge is -2.09. The van der Waals surface area contributed by atoms with Gasteiger partial charge in [-0.3, -0.25) is 9.59 Å². The molecule has 1 aromatic rings. The predicted molar refractivity (Wildman–Crippen MR) is 75.8 cm³/mol. The monoisotopic (exact) mass is 283 g/mol. The molecule has 0 aromatic heterocycles. The van der Waals surface area contributed by atoms with Crippen molar-refractivity contribution in [3.05, 3.63) is 24.3 Å². The van der Waals surface area contributed by atoms with Crippen molar-refractivity contribution in [3.8, 4) is 5.75 Å². The normalized spacial score (nSPS) is 11.7. The maximum absolute atomic E-state index is 11.7. The van der Waals surface area contributed by atoms with Gasteiger partial charge in [0.1, 0.15) is 11.0 Å². The number of aliphatic carboxylic acids is 1. The number of rotatable bonds is 7. The van der Waals surface area contributed by atoms with Gasteiger partial charge < -0.3 is 15.2 Å². The van der Waals surface area contributed by atoms with Gasteiger partial charge in [-0.05, 0) is 30.7 Å². The number of benzene rings is 1. The number of hydrogen-bond acceptors (Lipinski definition) is 4. The Kier molecular flexibility index (Phi) is 6.21. The van der Waals surface area contributed by atoms with E-state index in [9.17, 15) is 9.59 Å². The highest BCUT2D eigenvalue weighted by Gasteiger charge is 2.16. The Morgan fingerprint density at radius 3 is 2.47 bits per heavy atom. The number of thioether (sulfide) groups is 1. The first-order valence-electron chi connectivity index (χ1n) is 5.85. The van der Waals surface area contributed by atoms with E-state index in [1.54, 1.807) is 38.3 Å². The highest BCUT2D eigenvalue weighted by molar-refractivity contribution is 8.01. The number of carboxylic acids is 1. The molecule has 0 saturated heterocycles. The molecule has 0 aliphatic heterocycles. The van der Waals surface area contributed by atoms with Crippen molar-refractivity contribution in [2.24, 2.45) is 0 Å². The molecule has 1 rings (SSSR count). The molecule has 104 valence electrons. The van der Waals surface area contributed by atoms with Gasteiger partial charge in [0, 0.05) is 5.69 Å². The molecular formula is C13H17NO4S. The summed E-state index contributed by atoms with van der Waals surface area (Å²) in [6, 6.07) is 6.95. The van der Waals surface area contributed by atoms with Crippen LogP contribution in [0.5, 0.6) is 5.75 Å². The molecule has 2 N–H and O–H groups in total. The van der Waals surface area contributed by atoms with E-state index in [4.69, 9.17) is 9.84 Å². The minimum absolute atomic E-state index is 0.122. The van der Waals surface area contributed by atoms with Gasteiger partial charge >= 0.3 is 5.97 Å². The van der Waals surface area contributed by atoms with Crippen molar-refractivity contribution in [1.29, 1.82) is 0 Å². The zero-order chi connectivity index (χ0) is 14.3. The van der Waals surface area contributed by atoms with Crippen molar-refractivity contribution in [2.75, 3.05) is 18.2 Å². The van der Waals surface area contributed by atoms with Crippen LogP contribution in [-0.2, 0) is 9.59 Å². The number of anilines is 1. The fourth-order valence-corrected chi connectivity index (χ4v) is 2.21. The molecular weight excluding hydrogens is 266 g/mol. The predicted octanol–water partition coefficient (Wildman–Crippen LogP) is 2.23. The smallest absolute Gasteiger partial charge is 0.316 e. The Bertz CT molecular complexity index is 433. The largest absolute Gasteiger partial charge is 0.497 e. The quantitative estimate of drug-likeness (QED) is 0.802. The van der Waals surface area contributed by atoms with Crippen LogP contribution in [-0.4, -0.2) is 35.1 Å². The van der Waals surface area contributed by atoms with E-state index >= 15 is 0 Å². The summed E-state index contributed by atoms with van der Waals surface area (Å²) < 4.78 is 5.01. The molecule has 1 aromatic carbocycles. The van der Waals surface area contributed by atoms with Crippen LogP contribution in [0.25, 0.3) is 0 Å². The molecule has 1 amide bonds. The molecule has 0 heterocycles. The second-order valence-corrected chi connectivity index (χ2v) is 5.01. The number of ether oxygens (including phenoxy) is 1. The fraction of sp³-hybridized carbons (Fsp3) is 0.385. The number of carbonyl (C=O) groups excluding carboxylic acids is 1. The van der Waals surface area contributed by atoms with Gasteiger partial charge in [-0.2, -0.15) is 0 Å². The van der Waals surface area contributed by atoms with Gasteiger partial charge in [-0.1, -0.05) is 6.92 Å². The molecule has 19 heavy (non-hydrogen) atoms. The minimum Gasteiger partial charge on any atom is -0.497 e. The lowest BCUT2D eigenvalue weighted by atomic mass is 10.3. The van der Waals surface area contributed by atoms with Crippen LogP contribution < -0.4 is 10.1 Å². The van der Waals surface area contributed by atoms with Gasteiger partial charge in [0.05, 0.1) is 12.9 Å². The highest BCUT2D eigenvalue weighted by Crippen LogP contribution is 2.17. The zero-order valence-corrected chi connectivity index (χ0v) is 11.7. The van der Waals surface area contributed by atoms with Gasteiger partial charge in [0.25, 0.3) is 0 Å². The third-order valence-corrected chi connectivity index (χ3v) is 3.80. The van der Waals surface area contributed by atoms with Gasteiger partial charge in [-0.15, -0.1) is 11.8 Å². The maximum atomic E-state index is 11.7. The molecule has 0 aliphatic rings. The lowest BCUT2D eigenvalue weighted by molar-refractivity contribution is -0.136. The van der Waals surface area contributed by atoms with Crippen LogP contribution in [0.1, 0.15) is 13.3 Å². The third-order valence-electron chi connectivity index (χ3n) is 2.44. The summed E-state index contributed by atoms with van der Waals surface area (Å²) in [5, 5.41) is 11.0. The van der Waals surface area contributed by atoms with E-state index in [-0.39, 0.29) is 11.7 Å². The summed E-state index contributed by atoms with van der Waals surface area (Å²) in [5.74, 6) is -0.263. The molecule has 0 aliphatic carbocycles. The van der Waals surface area contributed by atoms with Crippen LogP contribution in [0.4, 0.5) is 5.69 Å². The Labute approximate surface area is 116 Å². The fourth-order valence-electron chi connectivity index (χ4n) is 1.41. The Balaban J connectivity index is 2.44. The van der Waals surface area contributed by atoms with Crippen LogP contribution in [0.2, 0.25) is 0 Å². The average molecular weight is 283 g/mol. The topological polar surface area (TPSA) is 75.6 Å². The average Bonchev–Trinajstić information content (AvgIpc) is 2.40. The third kappa shape index (κ3) is 5.21. The second kappa shape index (κ2) is 7.68. The first-order valence-corrected chi connectivity index (χ1v) is 6.90. The molecule has 0 fully saturated rings. The summed E-state index contributed by atoms with van der Waals surface area (Å²) in [6.45, 7) is 1.78.